The van der Waals surface area contributed by atoms with Crippen LogP contribution < -0.4 is 4.74 Å². The molecule has 0 amide bonds. The molecule has 0 saturated heterocycles. The largest absolute Gasteiger partial charge is 0.493 e. The molecular weight excluding hydrogens is 318 g/mol. The summed E-state index contributed by atoms with van der Waals surface area (Å²) in [5.41, 5.74) is 0.717. The van der Waals surface area contributed by atoms with E-state index in [2.05, 4.69) is 0 Å². The Kier molecular flexibility index (Phi) is 5.79. The van der Waals surface area contributed by atoms with Gasteiger partial charge in [-0.1, -0.05) is 12.2 Å². The van der Waals surface area contributed by atoms with Gasteiger partial charge in [0.2, 0.25) is 10.0 Å². The lowest BCUT2D eigenvalue weighted by Gasteiger charge is -2.23. The second kappa shape index (κ2) is 7.61. The van der Waals surface area contributed by atoms with Gasteiger partial charge < -0.3 is 9.84 Å². The number of carboxylic acids is 1. The third kappa shape index (κ3) is 4.56. The van der Waals surface area contributed by atoms with Gasteiger partial charge in [-0.25, -0.2) is 8.42 Å². The number of carbonyl (C=O) groups is 1. The van der Waals surface area contributed by atoms with Gasteiger partial charge in [-0.3, -0.25) is 4.79 Å². The van der Waals surface area contributed by atoms with Crippen molar-refractivity contribution in [3.8, 4) is 5.75 Å². The number of ether oxygens (including phenoxy) is 1. The zero-order chi connectivity index (χ0) is 16.9. The van der Waals surface area contributed by atoms with E-state index in [1.54, 1.807) is 19.1 Å². The summed E-state index contributed by atoms with van der Waals surface area (Å²) in [5, 5.41) is 8.58. The van der Waals surface area contributed by atoms with Crippen LogP contribution in [0.15, 0.2) is 35.2 Å². The first kappa shape index (κ1) is 17.5. The van der Waals surface area contributed by atoms with Crippen molar-refractivity contribution in [2.75, 3.05) is 19.7 Å². The van der Waals surface area contributed by atoms with Crippen molar-refractivity contribution in [2.24, 2.45) is 0 Å². The van der Waals surface area contributed by atoms with E-state index in [0.717, 1.165) is 6.42 Å². The van der Waals surface area contributed by atoms with E-state index < -0.39 is 16.0 Å². The Morgan fingerprint density at radius 3 is 2.74 bits per heavy atom. The lowest BCUT2D eigenvalue weighted by molar-refractivity contribution is -0.137. The van der Waals surface area contributed by atoms with Gasteiger partial charge in [-0.05, 0) is 43.5 Å². The first-order chi connectivity index (χ1) is 10.9. The first-order valence-electron chi connectivity index (χ1n) is 7.51. The molecular formula is C16H21NO5S. The molecule has 126 valence electrons. The third-order valence-electron chi connectivity index (χ3n) is 3.60. The van der Waals surface area contributed by atoms with Crippen molar-refractivity contribution < 1.29 is 23.1 Å². The quantitative estimate of drug-likeness (QED) is 0.608. The summed E-state index contributed by atoms with van der Waals surface area (Å²) in [7, 11) is -3.49. The minimum atomic E-state index is -3.49. The van der Waals surface area contributed by atoms with Crippen LogP contribution >= 0.6 is 0 Å². The van der Waals surface area contributed by atoms with E-state index in [9.17, 15) is 13.2 Å². The molecule has 23 heavy (non-hydrogen) atoms. The molecule has 0 fully saturated rings. The number of sulfonamides is 1. The summed E-state index contributed by atoms with van der Waals surface area (Å²) in [6, 6.07) is 4.76. The predicted octanol–water partition coefficient (Wildman–Crippen LogP) is 2.19. The molecule has 6 nitrogen and oxygen atoms in total. The minimum absolute atomic E-state index is 0.0496. The van der Waals surface area contributed by atoms with E-state index in [1.165, 1.54) is 10.4 Å². The molecule has 0 aromatic heterocycles. The topological polar surface area (TPSA) is 83.9 Å². The van der Waals surface area contributed by atoms with E-state index >= 15 is 0 Å². The predicted molar refractivity (Wildman–Crippen MR) is 86.1 cm³/mol. The fraction of sp³-hybridized carbons (Fsp3) is 0.438. The maximum atomic E-state index is 12.6. The Hall–Kier alpha value is -1.86. The summed E-state index contributed by atoms with van der Waals surface area (Å²) >= 11 is 0. The smallest absolute Gasteiger partial charge is 0.303 e. The van der Waals surface area contributed by atoms with Gasteiger partial charge in [0.1, 0.15) is 5.75 Å². The molecule has 0 unspecified atom stereocenters. The fourth-order valence-electron chi connectivity index (χ4n) is 2.34. The highest BCUT2D eigenvalue weighted by Crippen LogP contribution is 2.25. The van der Waals surface area contributed by atoms with Gasteiger partial charge >= 0.3 is 5.97 Å². The van der Waals surface area contributed by atoms with Crippen molar-refractivity contribution in [3.63, 3.8) is 0 Å². The molecule has 1 N–H and O–H groups in total. The van der Waals surface area contributed by atoms with E-state index in [1.807, 2.05) is 12.2 Å². The number of carboxylic acid groups (broad SMARTS) is 1. The normalized spacial score (nSPS) is 15.5. The number of aliphatic carboxylic acids is 1. The van der Waals surface area contributed by atoms with Crippen molar-refractivity contribution in [1.82, 2.24) is 4.31 Å². The van der Waals surface area contributed by atoms with Gasteiger partial charge in [-0.15, -0.1) is 0 Å². The van der Waals surface area contributed by atoms with Crippen molar-refractivity contribution >= 4 is 16.0 Å². The van der Waals surface area contributed by atoms with Crippen LogP contribution in [-0.4, -0.2) is 43.5 Å². The Morgan fingerprint density at radius 1 is 1.35 bits per heavy atom. The molecule has 0 saturated carbocycles. The third-order valence-corrected chi connectivity index (χ3v) is 5.46. The molecule has 7 heteroatoms. The van der Waals surface area contributed by atoms with Crippen molar-refractivity contribution in [3.05, 3.63) is 35.9 Å². The molecule has 1 heterocycles. The maximum absolute atomic E-state index is 12.6. The molecule has 2 rings (SSSR count). The molecule has 0 radical (unpaired) electrons. The molecule has 0 atom stereocenters. The monoisotopic (exact) mass is 339 g/mol. The summed E-state index contributed by atoms with van der Waals surface area (Å²) in [6.45, 7) is 2.96. The van der Waals surface area contributed by atoms with Gasteiger partial charge in [0.25, 0.3) is 0 Å². The molecule has 0 aliphatic carbocycles. The van der Waals surface area contributed by atoms with Crippen LogP contribution in [-0.2, 0) is 14.8 Å². The van der Waals surface area contributed by atoms with Gasteiger partial charge in [-0.2, -0.15) is 4.31 Å². The summed E-state index contributed by atoms with van der Waals surface area (Å²) in [4.78, 5) is 10.7. The Bertz CT molecular complexity index is 696. The fourth-order valence-corrected chi connectivity index (χ4v) is 3.83. The first-order valence-corrected chi connectivity index (χ1v) is 8.95. The van der Waals surface area contributed by atoms with Crippen molar-refractivity contribution in [2.45, 2.75) is 31.1 Å². The van der Waals surface area contributed by atoms with Crippen LogP contribution in [0, 0.1) is 6.92 Å². The van der Waals surface area contributed by atoms with Crippen LogP contribution in [0.3, 0.4) is 0 Å². The van der Waals surface area contributed by atoms with Crippen LogP contribution in [0.25, 0.3) is 0 Å². The molecule has 1 aliphatic rings. The van der Waals surface area contributed by atoms with Gasteiger partial charge in [0, 0.05) is 19.5 Å². The number of hydrogen-bond acceptors (Lipinski definition) is 4. The SMILES string of the molecule is Cc1cc(S(=O)(=O)N2CC=CCC2)ccc1OCCCC(=O)O. The van der Waals surface area contributed by atoms with Crippen molar-refractivity contribution in [1.29, 1.82) is 0 Å². The lowest BCUT2D eigenvalue weighted by Crippen LogP contribution is -2.33. The number of benzene rings is 1. The molecule has 1 aromatic rings. The van der Waals surface area contributed by atoms with Crippen LogP contribution in [0.2, 0.25) is 0 Å². The number of aryl methyl sites for hydroxylation is 1. The van der Waals surface area contributed by atoms with Crippen LogP contribution in [0.4, 0.5) is 0 Å². The standard InChI is InChI=1S/C16H21NO5S/c1-13-12-14(23(20,21)17-9-3-2-4-10-17)7-8-15(13)22-11-5-6-16(18)19/h2-3,7-8,12H,4-6,9-11H2,1H3,(H,18,19). The Labute approximate surface area is 136 Å². The average Bonchev–Trinajstić information content (AvgIpc) is 2.53. The molecule has 1 aromatic carbocycles. The summed E-state index contributed by atoms with van der Waals surface area (Å²) in [6.07, 6.45) is 5.02. The maximum Gasteiger partial charge on any atom is 0.303 e. The van der Waals surface area contributed by atoms with E-state index in [-0.39, 0.29) is 17.9 Å². The van der Waals surface area contributed by atoms with Gasteiger partial charge in [0.15, 0.2) is 0 Å². The highest BCUT2D eigenvalue weighted by Gasteiger charge is 2.24. The van der Waals surface area contributed by atoms with E-state index in [4.69, 9.17) is 9.84 Å². The summed E-state index contributed by atoms with van der Waals surface area (Å²) in [5.74, 6) is -0.282. The number of hydrogen-bond donors (Lipinski definition) is 1. The lowest BCUT2D eigenvalue weighted by atomic mass is 10.2. The molecule has 1 aliphatic heterocycles. The molecule has 0 spiro atoms. The van der Waals surface area contributed by atoms with Crippen LogP contribution in [0.5, 0.6) is 5.75 Å². The Morgan fingerprint density at radius 2 is 2.13 bits per heavy atom. The number of rotatable bonds is 7. The van der Waals surface area contributed by atoms with Gasteiger partial charge in [0.05, 0.1) is 11.5 Å². The van der Waals surface area contributed by atoms with E-state index in [0.29, 0.717) is 30.8 Å². The number of nitrogens with zero attached hydrogens (tertiary/aromatic N) is 1. The summed E-state index contributed by atoms with van der Waals surface area (Å²) < 4.78 is 32.1. The average molecular weight is 339 g/mol. The highest BCUT2D eigenvalue weighted by atomic mass is 32.2. The minimum Gasteiger partial charge on any atom is -0.493 e. The zero-order valence-electron chi connectivity index (χ0n) is 13.1. The zero-order valence-corrected chi connectivity index (χ0v) is 13.9. The highest BCUT2D eigenvalue weighted by molar-refractivity contribution is 7.89. The molecule has 0 bridgehead atoms. The Balaban J connectivity index is 2.06. The van der Waals surface area contributed by atoms with Crippen LogP contribution in [0.1, 0.15) is 24.8 Å². The second-order valence-electron chi connectivity index (χ2n) is 5.40. The second-order valence-corrected chi connectivity index (χ2v) is 7.33.